The predicted molar refractivity (Wildman–Crippen MR) is 64.8 cm³/mol. The van der Waals surface area contributed by atoms with Crippen molar-refractivity contribution in [2.45, 2.75) is 59.5 Å². The van der Waals surface area contributed by atoms with Crippen molar-refractivity contribution in [2.24, 2.45) is 0 Å². The van der Waals surface area contributed by atoms with Crippen molar-refractivity contribution < 1.29 is 0 Å². The standard InChI is InChI=1S/C12H28N2/c1-6-8-9-13-10-12(5)14(7-2)11(3)4/h11-13H,6-10H2,1-5H3. The predicted octanol–water partition coefficient (Wildman–Crippen LogP) is 2.49. The van der Waals surface area contributed by atoms with E-state index in [1.165, 1.54) is 12.8 Å². The molecule has 0 saturated heterocycles. The van der Waals surface area contributed by atoms with E-state index in [1.807, 2.05) is 0 Å². The Morgan fingerprint density at radius 1 is 1.14 bits per heavy atom. The lowest BCUT2D eigenvalue weighted by atomic mass is 10.2. The van der Waals surface area contributed by atoms with Crippen LogP contribution in [0.15, 0.2) is 0 Å². The molecule has 0 heterocycles. The zero-order valence-electron chi connectivity index (χ0n) is 10.6. The quantitative estimate of drug-likeness (QED) is 0.606. The normalized spacial score (nSPS) is 13.9. The van der Waals surface area contributed by atoms with Crippen LogP contribution in [0.1, 0.15) is 47.5 Å². The minimum absolute atomic E-state index is 0.650. The van der Waals surface area contributed by atoms with Gasteiger partial charge in [0.2, 0.25) is 0 Å². The zero-order valence-corrected chi connectivity index (χ0v) is 10.6. The van der Waals surface area contributed by atoms with Gasteiger partial charge in [0.25, 0.3) is 0 Å². The van der Waals surface area contributed by atoms with Crippen LogP contribution in [0.5, 0.6) is 0 Å². The molecule has 0 aromatic rings. The van der Waals surface area contributed by atoms with E-state index in [1.54, 1.807) is 0 Å². The van der Waals surface area contributed by atoms with E-state index in [-0.39, 0.29) is 0 Å². The molecule has 14 heavy (non-hydrogen) atoms. The molecular formula is C12H28N2. The number of hydrogen-bond donors (Lipinski definition) is 1. The third-order valence-corrected chi connectivity index (χ3v) is 2.74. The average Bonchev–Trinajstić information content (AvgIpc) is 2.13. The lowest BCUT2D eigenvalue weighted by Gasteiger charge is -2.31. The number of rotatable bonds is 8. The van der Waals surface area contributed by atoms with E-state index in [4.69, 9.17) is 0 Å². The van der Waals surface area contributed by atoms with Crippen molar-refractivity contribution in [1.29, 1.82) is 0 Å². The molecule has 2 heteroatoms. The summed E-state index contributed by atoms with van der Waals surface area (Å²) >= 11 is 0. The lowest BCUT2D eigenvalue weighted by molar-refractivity contribution is 0.170. The van der Waals surface area contributed by atoms with Gasteiger partial charge < -0.3 is 5.32 Å². The first-order valence-corrected chi connectivity index (χ1v) is 6.09. The third-order valence-electron chi connectivity index (χ3n) is 2.74. The number of nitrogens with zero attached hydrogens (tertiary/aromatic N) is 1. The highest BCUT2D eigenvalue weighted by molar-refractivity contribution is 4.71. The minimum Gasteiger partial charge on any atom is -0.315 e. The molecule has 1 unspecified atom stereocenters. The van der Waals surface area contributed by atoms with Crippen LogP contribution in [0, 0.1) is 0 Å². The molecule has 0 saturated carbocycles. The van der Waals surface area contributed by atoms with Gasteiger partial charge in [0.15, 0.2) is 0 Å². The van der Waals surface area contributed by atoms with Gasteiger partial charge in [-0.2, -0.15) is 0 Å². The first-order valence-electron chi connectivity index (χ1n) is 6.09. The van der Waals surface area contributed by atoms with Gasteiger partial charge in [-0.15, -0.1) is 0 Å². The lowest BCUT2D eigenvalue weighted by Crippen LogP contribution is -2.44. The number of likely N-dealkylation sites (N-methyl/N-ethyl adjacent to an activating group) is 1. The summed E-state index contributed by atoms with van der Waals surface area (Å²) in [6, 6.07) is 1.31. The summed E-state index contributed by atoms with van der Waals surface area (Å²) in [5.41, 5.74) is 0. The van der Waals surface area contributed by atoms with E-state index in [0.29, 0.717) is 12.1 Å². The van der Waals surface area contributed by atoms with Crippen LogP contribution in [-0.4, -0.2) is 36.6 Å². The van der Waals surface area contributed by atoms with Crippen molar-refractivity contribution in [2.75, 3.05) is 19.6 Å². The highest BCUT2D eigenvalue weighted by atomic mass is 15.2. The molecule has 0 aromatic carbocycles. The van der Waals surface area contributed by atoms with Crippen molar-refractivity contribution >= 4 is 0 Å². The van der Waals surface area contributed by atoms with Crippen molar-refractivity contribution in [1.82, 2.24) is 10.2 Å². The Balaban J connectivity index is 3.64. The molecule has 0 bridgehead atoms. The van der Waals surface area contributed by atoms with Crippen LogP contribution < -0.4 is 5.32 Å². The maximum absolute atomic E-state index is 3.51. The Morgan fingerprint density at radius 3 is 2.21 bits per heavy atom. The second-order valence-corrected chi connectivity index (χ2v) is 4.33. The van der Waals surface area contributed by atoms with E-state index < -0.39 is 0 Å². The molecule has 0 aliphatic carbocycles. The molecule has 2 nitrogen and oxygen atoms in total. The third kappa shape index (κ3) is 5.61. The average molecular weight is 200 g/mol. The van der Waals surface area contributed by atoms with Crippen LogP contribution in [0.2, 0.25) is 0 Å². The molecule has 0 rings (SSSR count). The summed E-state index contributed by atoms with van der Waals surface area (Å²) in [6.45, 7) is 14.7. The van der Waals surface area contributed by atoms with E-state index in [0.717, 1.165) is 19.6 Å². The SMILES string of the molecule is CCCCNCC(C)N(CC)C(C)C. The summed E-state index contributed by atoms with van der Waals surface area (Å²) in [5, 5.41) is 3.51. The van der Waals surface area contributed by atoms with E-state index >= 15 is 0 Å². The minimum atomic E-state index is 0.650. The summed E-state index contributed by atoms with van der Waals surface area (Å²) < 4.78 is 0. The largest absolute Gasteiger partial charge is 0.315 e. The summed E-state index contributed by atoms with van der Waals surface area (Å²) in [5.74, 6) is 0. The van der Waals surface area contributed by atoms with Gasteiger partial charge >= 0.3 is 0 Å². The van der Waals surface area contributed by atoms with Crippen LogP contribution in [0.25, 0.3) is 0 Å². The molecule has 1 N–H and O–H groups in total. The van der Waals surface area contributed by atoms with Crippen molar-refractivity contribution in [3.05, 3.63) is 0 Å². The summed E-state index contributed by atoms with van der Waals surface area (Å²) in [4.78, 5) is 2.53. The highest BCUT2D eigenvalue weighted by Crippen LogP contribution is 2.03. The monoisotopic (exact) mass is 200 g/mol. The number of nitrogens with one attached hydrogen (secondary N) is 1. The number of hydrogen-bond acceptors (Lipinski definition) is 2. The Bertz CT molecular complexity index is 123. The van der Waals surface area contributed by atoms with Crippen LogP contribution in [0.3, 0.4) is 0 Å². The zero-order chi connectivity index (χ0) is 11.0. The fourth-order valence-electron chi connectivity index (χ4n) is 1.92. The fourth-order valence-corrected chi connectivity index (χ4v) is 1.92. The molecule has 0 spiro atoms. The highest BCUT2D eigenvalue weighted by Gasteiger charge is 2.13. The molecule has 0 aromatic heterocycles. The molecule has 0 aliphatic heterocycles. The van der Waals surface area contributed by atoms with Crippen LogP contribution in [0.4, 0.5) is 0 Å². The van der Waals surface area contributed by atoms with Crippen molar-refractivity contribution in [3.63, 3.8) is 0 Å². The van der Waals surface area contributed by atoms with Crippen molar-refractivity contribution in [3.8, 4) is 0 Å². The molecule has 0 amide bonds. The van der Waals surface area contributed by atoms with Gasteiger partial charge in [-0.3, -0.25) is 4.90 Å². The fraction of sp³-hybridized carbons (Fsp3) is 1.00. The van der Waals surface area contributed by atoms with Gasteiger partial charge in [0, 0.05) is 18.6 Å². The summed E-state index contributed by atoms with van der Waals surface area (Å²) in [7, 11) is 0. The molecule has 1 atom stereocenters. The maximum atomic E-state index is 3.51. The van der Waals surface area contributed by atoms with Gasteiger partial charge in [0.1, 0.15) is 0 Å². The number of unbranched alkanes of at least 4 members (excludes halogenated alkanes) is 1. The Morgan fingerprint density at radius 2 is 1.79 bits per heavy atom. The van der Waals surface area contributed by atoms with Gasteiger partial charge in [-0.1, -0.05) is 20.3 Å². The Kier molecular flexibility index (Phi) is 8.20. The smallest absolute Gasteiger partial charge is 0.0194 e. The van der Waals surface area contributed by atoms with E-state index in [9.17, 15) is 0 Å². The van der Waals surface area contributed by atoms with Crippen LogP contribution >= 0.6 is 0 Å². The molecule has 86 valence electrons. The first-order chi connectivity index (χ1) is 6.63. The second-order valence-electron chi connectivity index (χ2n) is 4.33. The first kappa shape index (κ1) is 13.9. The Hall–Kier alpha value is -0.0800. The molecule has 0 fully saturated rings. The molecule has 0 aliphatic rings. The van der Waals surface area contributed by atoms with Gasteiger partial charge in [0.05, 0.1) is 0 Å². The molecule has 0 radical (unpaired) electrons. The van der Waals surface area contributed by atoms with Crippen LogP contribution in [-0.2, 0) is 0 Å². The van der Waals surface area contributed by atoms with Gasteiger partial charge in [-0.25, -0.2) is 0 Å². The summed E-state index contributed by atoms with van der Waals surface area (Å²) in [6.07, 6.45) is 2.57. The second kappa shape index (κ2) is 8.25. The molecular weight excluding hydrogens is 172 g/mol. The van der Waals surface area contributed by atoms with E-state index in [2.05, 4.69) is 44.8 Å². The maximum Gasteiger partial charge on any atom is 0.0194 e. The topological polar surface area (TPSA) is 15.3 Å². The van der Waals surface area contributed by atoms with Gasteiger partial charge in [-0.05, 0) is 40.3 Å². The Labute approximate surface area is 90.1 Å².